The van der Waals surface area contributed by atoms with Gasteiger partial charge in [0.15, 0.2) is 0 Å². The highest BCUT2D eigenvalue weighted by Gasteiger charge is 2.05. The van der Waals surface area contributed by atoms with E-state index in [1.807, 2.05) is 48.5 Å². The van der Waals surface area contributed by atoms with Gasteiger partial charge in [0.05, 0.1) is 20.1 Å². The maximum atomic E-state index is 6.21. The summed E-state index contributed by atoms with van der Waals surface area (Å²) in [6.07, 6.45) is 0. The molecule has 0 spiro atoms. The number of hydrogen-bond acceptors (Lipinski definition) is 2. The summed E-state index contributed by atoms with van der Waals surface area (Å²) in [7, 11) is 0. The predicted octanol–water partition coefficient (Wildman–Crippen LogP) is 7.52. The van der Waals surface area contributed by atoms with Crippen molar-refractivity contribution < 1.29 is 0 Å². The molecule has 0 saturated carbocycles. The SMILES string of the molecule is Clc1cccc(CNc2ccc(NCc3cccc(Cl)c3Cl)cc2)c1Cl. The summed E-state index contributed by atoms with van der Waals surface area (Å²) in [6, 6.07) is 19.2. The zero-order chi connectivity index (χ0) is 18.5. The molecule has 2 N–H and O–H groups in total. The highest BCUT2D eigenvalue weighted by atomic mass is 35.5. The fourth-order valence-electron chi connectivity index (χ4n) is 2.47. The normalized spacial score (nSPS) is 10.6. The smallest absolute Gasteiger partial charge is 0.0642 e. The summed E-state index contributed by atoms with van der Waals surface area (Å²) in [5.74, 6) is 0. The number of anilines is 2. The molecule has 0 unspecified atom stereocenters. The van der Waals surface area contributed by atoms with Crippen molar-refractivity contribution in [2.75, 3.05) is 10.6 Å². The molecule has 2 nitrogen and oxygen atoms in total. The molecule has 6 heteroatoms. The largest absolute Gasteiger partial charge is 0.381 e. The molecule has 0 aliphatic rings. The van der Waals surface area contributed by atoms with Crippen LogP contribution in [0.25, 0.3) is 0 Å². The number of hydrogen-bond donors (Lipinski definition) is 2. The van der Waals surface area contributed by atoms with Crippen molar-refractivity contribution in [2.24, 2.45) is 0 Å². The molecular formula is C20H16Cl4N2. The van der Waals surface area contributed by atoms with Gasteiger partial charge in [0.1, 0.15) is 0 Å². The van der Waals surface area contributed by atoms with Crippen LogP contribution >= 0.6 is 46.4 Å². The molecular weight excluding hydrogens is 410 g/mol. The number of benzene rings is 3. The van der Waals surface area contributed by atoms with Gasteiger partial charge in [-0.15, -0.1) is 0 Å². The third kappa shape index (κ3) is 4.77. The molecule has 3 aromatic carbocycles. The van der Waals surface area contributed by atoms with E-state index in [4.69, 9.17) is 46.4 Å². The summed E-state index contributed by atoms with van der Waals surface area (Å²) in [6.45, 7) is 1.20. The lowest BCUT2D eigenvalue weighted by atomic mass is 10.2. The lowest BCUT2D eigenvalue weighted by Gasteiger charge is -2.11. The fourth-order valence-corrected chi connectivity index (χ4v) is 3.24. The standard InChI is InChI=1S/C20H16Cl4N2/c21-17-5-1-3-13(19(17)23)11-25-15-7-9-16(10-8-15)26-12-14-4-2-6-18(22)20(14)24/h1-10,25-26H,11-12H2. The van der Waals surface area contributed by atoms with Crippen LogP contribution < -0.4 is 10.6 Å². The van der Waals surface area contributed by atoms with Crippen LogP contribution in [0.3, 0.4) is 0 Å². The van der Waals surface area contributed by atoms with Crippen LogP contribution in [0.15, 0.2) is 60.7 Å². The van der Waals surface area contributed by atoms with Crippen LogP contribution in [-0.2, 0) is 13.1 Å². The van der Waals surface area contributed by atoms with E-state index in [1.165, 1.54) is 0 Å². The Morgan fingerprint density at radius 3 is 1.31 bits per heavy atom. The van der Waals surface area contributed by atoms with Crippen molar-refractivity contribution in [3.05, 3.63) is 91.9 Å². The lowest BCUT2D eigenvalue weighted by Crippen LogP contribution is -2.02. The Hall–Kier alpha value is -1.58. The Balaban J connectivity index is 1.58. The first-order valence-corrected chi connectivity index (χ1v) is 9.49. The monoisotopic (exact) mass is 424 g/mol. The molecule has 26 heavy (non-hydrogen) atoms. The van der Waals surface area contributed by atoms with Crippen molar-refractivity contribution in [3.8, 4) is 0 Å². The average molecular weight is 426 g/mol. The second-order valence-electron chi connectivity index (χ2n) is 5.71. The van der Waals surface area contributed by atoms with E-state index in [9.17, 15) is 0 Å². The van der Waals surface area contributed by atoms with E-state index in [-0.39, 0.29) is 0 Å². The summed E-state index contributed by atoms with van der Waals surface area (Å²) in [5, 5.41) is 8.96. The first-order valence-electron chi connectivity index (χ1n) is 7.98. The maximum absolute atomic E-state index is 6.21. The van der Waals surface area contributed by atoms with Gasteiger partial charge in [-0.3, -0.25) is 0 Å². The molecule has 0 aliphatic carbocycles. The van der Waals surface area contributed by atoms with Crippen LogP contribution in [0.1, 0.15) is 11.1 Å². The molecule has 0 heterocycles. The Bertz CT molecular complexity index is 820. The topological polar surface area (TPSA) is 24.1 Å². The zero-order valence-corrected chi connectivity index (χ0v) is 16.7. The Morgan fingerprint density at radius 1 is 0.538 bits per heavy atom. The third-order valence-electron chi connectivity index (χ3n) is 3.91. The van der Waals surface area contributed by atoms with Crippen molar-refractivity contribution in [1.82, 2.24) is 0 Å². The first kappa shape index (κ1) is 19.2. The minimum Gasteiger partial charge on any atom is -0.381 e. The average Bonchev–Trinajstić information content (AvgIpc) is 2.65. The zero-order valence-electron chi connectivity index (χ0n) is 13.7. The van der Waals surface area contributed by atoms with Gasteiger partial charge in [0.2, 0.25) is 0 Å². The van der Waals surface area contributed by atoms with E-state index in [0.29, 0.717) is 33.2 Å². The number of nitrogens with one attached hydrogen (secondary N) is 2. The Morgan fingerprint density at radius 2 is 0.923 bits per heavy atom. The Labute approximate surface area is 173 Å². The van der Waals surface area contributed by atoms with Crippen LogP contribution in [0.4, 0.5) is 11.4 Å². The van der Waals surface area contributed by atoms with Crippen LogP contribution in [0.5, 0.6) is 0 Å². The summed E-state index contributed by atoms with van der Waals surface area (Å²) in [4.78, 5) is 0. The molecule has 3 aromatic rings. The van der Waals surface area contributed by atoms with E-state index in [0.717, 1.165) is 22.5 Å². The molecule has 0 atom stereocenters. The van der Waals surface area contributed by atoms with Gasteiger partial charge in [-0.05, 0) is 47.5 Å². The number of halogens is 4. The quantitative estimate of drug-likeness (QED) is 0.426. The van der Waals surface area contributed by atoms with Gasteiger partial charge in [-0.25, -0.2) is 0 Å². The van der Waals surface area contributed by atoms with Crippen molar-refractivity contribution >= 4 is 57.8 Å². The first-order chi connectivity index (χ1) is 12.5. The second-order valence-corrected chi connectivity index (χ2v) is 7.28. The number of rotatable bonds is 6. The lowest BCUT2D eigenvalue weighted by molar-refractivity contribution is 1.14. The fraction of sp³-hybridized carbons (Fsp3) is 0.100. The van der Waals surface area contributed by atoms with Crippen LogP contribution in [0.2, 0.25) is 20.1 Å². The van der Waals surface area contributed by atoms with Crippen molar-refractivity contribution in [3.63, 3.8) is 0 Å². The molecule has 0 saturated heterocycles. The molecule has 134 valence electrons. The minimum absolute atomic E-state index is 0.560. The molecule has 0 fully saturated rings. The summed E-state index contributed by atoms with van der Waals surface area (Å²) in [5.41, 5.74) is 3.90. The Kier molecular flexibility index (Phi) is 6.55. The maximum Gasteiger partial charge on any atom is 0.0642 e. The molecule has 0 aromatic heterocycles. The summed E-state index contributed by atoms with van der Waals surface area (Å²) >= 11 is 24.5. The highest BCUT2D eigenvalue weighted by molar-refractivity contribution is 6.43. The molecule has 0 bridgehead atoms. The van der Waals surface area contributed by atoms with Gasteiger partial charge >= 0.3 is 0 Å². The van der Waals surface area contributed by atoms with Gasteiger partial charge in [-0.1, -0.05) is 70.7 Å². The third-order valence-corrected chi connectivity index (χ3v) is 5.63. The highest BCUT2D eigenvalue weighted by Crippen LogP contribution is 2.27. The van der Waals surface area contributed by atoms with Gasteiger partial charge in [0, 0.05) is 24.5 Å². The minimum atomic E-state index is 0.560. The van der Waals surface area contributed by atoms with Crippen molar-refractivity contribution in [1.29, 1.82) is 0 Å². The molecule has 0 amide bonds. The van der Waals surface area contributed by atoms with Crippen LogP contribution in [0, 0.1) is 0 Å². The van der Waals surface area contributed by atoms with Crippen LogP contribution in [-0.4, -0.2) is 0 Å². The van der Waals surface area contributed by atoms with E-state index >= 15 is 0 Å². The predicted molar refractivity (Wildman–Crippen MR) is 114 cm³/mol. The molecule has 3 rings (SSSR count). The van der Waals surface area contributed by atoms with Crippen molar-refractivity contribution in [2.45, 2.75) is 13.1 Å². The van der Waals surface area contributed by atoms with Gasteiger partial charge < -0.3 is 10.6 Å². The molecule has 0 radical (unpaired) electrons. The molecule has 0 aliphatic heterocycles. The summed E-state index contributed by atoms with van der Waals surface area (Å²) < 4.78 is 0. The van der Waals surface area contributed by atoms with E-state index in [2.05, 4.69) is 10.6 Å². The van der Waals surface area contributed by atoms with Gasteiger partial charge in [-0.2, -0.15) is 0 Å². The van der Waals surface area contributed by atoms with Gasteiger partial charge in [0.25, 0.3) is 0 Å². The van der Waals surface area contributed by atoms with E-state index < -0.39 is 0 Å². The van der Waals surface area contributed by atoms with E-state index in [1.54, 1.807) is 12.1 Å². The second kappa shape index (κ2) is 8.88.